The third kappa shape index (κ3) is 5.69. The van der Waals surface area contributed by atoms with E-state index in [1.165, 1.54) is 0 Å². The zero-order chi connectivity index (χ0) is 12.6. The predicted octanol–water partition coefficient (Wildman–Crippen LogP) is -0.165. The molecule has 1 heterocycles. The fourth-order valence-electron chi connectivity index (χ4n) is 1.35. The average Bonchev–Trinajstić information content (AvgIpc) is 2.41. The van der Waals surface area contributed by atoms with Crippen LogP contribution >= 0.6 is 0 Å². The first-order valence-electron chi connectivity index (χ1n) is 6.15. The summed E-state index contributed by atoms with van der Waals surface area (Å²) in [5.74, 6) is 0. The first-order valence-corrected chi connectivity index (χ1v) is 6.85. The van der Waals surface area contributed by atoms with Gasteiger partial charge in [0.1, 0.15) is 0 Å². The van der Waals surface area contributed by atoms with Gasteiger partial charge in [0.25, 0.3) is 0 Å². The van der Waals surface area contributed by atoms with Crippen molar-refractivity contribution in [1.82, 2.24) is 0 Å². The lowest BCUT2D eigenvalue weighted by atomic mass is 10.2. The van der Waals surface area contributed by atoms with E-state index in [0.29, 0.717) is 13.0 Å². The van der Waals surface area contributed by atoms with Gasteiger partial charge in [-0.25, -0.2) is 0 Å². The Kier molecular flexibility index (Phi) is 3.39. The summed E-state index contributed by atoms with van der Waals surface area (Å²) in [4.78, 5) is 12.6. The summed E-state index contributed by atoms with van der Waals surface area (Å²) in [6, 6.07) is 0.205. The standard InChI is InChI=1S/C8H18O5Si/c9-14(10,11)7-3-6-13-8-4-1-2-5-12-8/h8-11H,1-7H2/i9T,10T,11T. The van der Waals surface area contributed by atoms with E-state index < -0.39 is 8.80 Å². The molecule has 0 amide bonds. The largest absolute Gasteiger partial charge is 0.492 e. The quantitative estimate of drug-likeness (QED) is 0.397. The molecule has 0 spiro atoms. The Balaban J connectivity index is 2.13. The van der Waals surface area contributed by atoms with Gasteiger partial charge in [-0.3, -0.25) is 0 Å². The van der Waals surface area contributed by atoms with E-state index in [1.54, 1.807) is 0 Å². The Morgan fingerprint density at radius 3 is 2.93 bits per heavy atom. The van der Waals surface area contributed by atoms with Gasteiger partial charge >= 0.3 is 8.80 Å². The monoisotopic (exact) mass is 228 g/mol. The van der Waals surface area contributed by atoms with Crippen molar-refractivity contribution in [3.63, 3.8) is 0 Å². The maximum absolute atomic E-state index is 6.75. The van der Waals surface area contributed by atoms with E-state index in [2.05, 4.69) is 14.4 Å². The predicted molar refractivity (Wildman–Crippen MR) is 51.4 cm³/mol. The lowest BCUT2D eigenvalue weighted by Gasteiger charge is -2.22. The Hall–Kier alpha value is 0.0169. The summed E-state index contributed by atoms with van der Waals surface area (Å²) in [5.41, 5.74) is 0. The molecule has 0 aromatic rings. The van der Waals surface area contributed by atoms with Crippen LogP contribution in [0, 0.1) is 0 Å². The van der Waals surface area contributed by atoms with Crippen LogP contribution in [0.1, 0.15) is 25.7 Å². The van der Waals surface area contributed by atoms with E-state index in [1.807, 2.05) is 0 Å². The molecule has 5 nitrogen and oxygen atoms in total. The van der Waals surface area contributed by atoms with Crippen molar-refractivity contribution in [1.29, 1.82) is 4.29 Å². The molecule has 0 radical (unpaired) electrons. The highest BCUT2D eigenvalue weighted by Crippen LogP contribution is 2.14. The minimum absolute atomic E-state index is 0.162. The van der Waals surface area contributed by atoms with Gasteiger partial charge in [0.2, 0.25) is 0 Å². The molecular formula is C8H18O5Si. The second-order valence-electron chi connectivity index (χ2n) is 3.45. The number of rotatable bonds is 8. The molecular weight excluding hydrogens is 204 g/mol. The Morgan fingerprint density at radius 1 is 1.43 bits per heavy atom. The van der Waals surface area contributed by atoms with Crippen molar-refractivity contribution >= 4 is 8.80 Å². The third-order valence-electron chi connectivity index (χ3n) is 2.07. The van der Waals surface area contributed by atoms with Crippen molar-refractivity contribution in [2.45, 2.75) is 38.0 Å². The van der Waals surface area contributed by atoms with Crippen molar-refractivity contribution in [3.05, 3.63) is 0 Å². The molecule has 1 saturated heterocycles. The fourth-order valence-corrected chi connectivity index (χ4v) is 1.92. The van der Waals surface area contributed by atoms with Gasteiger partial charge in [0.05, 0.1) is 0 Å². The lowest BCUT2D eigenvalue weighted by Crippen LogP contribution is -2.34. The molecule has 1 unspecified atom stereocenters. The number of ether oxygens (including phenoxy) is 2. The van der Waals surface area contributed by atoms with Crippen LogP contribution in [0.25, 0.3) is 0 Å². The van der Waals surface area contributed by atoms with Gasteiger partial charge < -0.3 is 23.9 Å². The SMILES string of the molecule is [3H]O[Si](CCCOC1CCCCO1)(O[3H])O[3H]. The van der Waals surface area contributed by atoms with Crippen LogP contribution < -0.4 is 0 Å². The van der Waals surface area contributed by atoms with Crippen molar-refractivity contribution in [3.8, 4) is 0 Å². The average molecular weight is 228 g/mol. The summed E-state index contributed by atoms with van der Waals surface area (Å²) < 4.78 is 31.1. The molecule has 6 heteroatoms. The van der Waals surface area contributed by atoms with Gasteiger partial charge in [0, 0.05) is 19.3 Å². The topological polar surface area (TPSA) is 79.2 Å². The van der Waals surface area contributed by atoms with Crippen LogP contribution in [0.3, 0.4) is 0 Å². The molecule has 0 bridgehead atoms. The van der Waals surface area contributed by atoms with E-state index in [9.17, 15) is 0 Å². The van der Waals surface area contributed by atoms with E-state index in [4.69, 9.17) is 13.8 Å². The second kappa shape index (κ2) is 5.79. The molecule has 0 aromatic carbocycles. The first-order chi connectivity index (χ1) is 8.26. The Bertz CT molecular complexity index is 193. The van der Waals surface area contributed by atoms with Gasteiger partial charge in [-0.1, -0.05) is 0 Å². The smallest absolute Gasteiger partial charge is 0.390 e. The highest BCUT2D eigenvalue weighted by atomic mass is 28.4. The normalized spacial score (nSPS) is 26.6. The van der Waals surface area contributed by atoms with Crippen LogP contribution in [-0.2, 0) is 9.47 Å². The maximum atomic E-state index is 6.75. The summed E-state index contributed by atoms with van der Waals surface area (Å²) >= 11 is 0. The van der Waals surface area contributed by atoms with Crippen LogP contribution in [-0.4, -0.2) is 47.0 Å². The van der Waals surface area contributed by atoms with Crippen LogP contribution in [0.5, 0.6) is 0 Å². The number of hydrogen-bond donors (Lipinski definition) is 3. The van der Waals surface area contributed by atoms with Gasteiger partial charge in [0.15, 0.2) is 10.6 Å². The van der Waals surface area contributed by atoms with Crippen LogP contribution in [0.15, 0.2) is 0 Å². The van der Waals surface area contributed by atoms with Gasteiger partial charge in [-0.2, -0.15) is 0 Å². The van der Waals surface area contributed by atoms with Crippen molar-refractivity contribution in [2.75, 3.05) is 13.2 Å². The fraction of sp³-hybridized carbons (Fsp3) is 1.00. The number of hydrogen-bond acceptors (Lipinski definition) is 5. The molecule has 1 atom stereocenters. The van der Waals surface area contributed by atoms with Gasteiger partial charge in [-0.05, 0) is 25.7 Å². The second-order valence-corrected chi connectivity index (χ2v) is 5.32. The maximum Gasteiger partial charge on any atom is 0.492 e. The van der Waals surface area contributed by atoms with E-state index >= 15 is 0 Å². The molecule has 1 aliphatic rings. The van der Waals surface area contributed by atoms with Crippen molar-refractivity contribution in [2.24, 2.45) is 0 Å². The molecule has 0 aromatic heterocycles. The zero-order valence-corrected chi connectivity index (χ0v) is 9.07. The Morgan fingerprint density at radius 2 is 2.29 bits per heavy atom. The molecule has 1 rings (SSSR count). The Labute approximate surface area is 89.1 Å². The molecule has 0 aliphatic carbocycles. The van der Waals surface area contributed by atoms with E-state index in [0.717, 1.165) is 25.9 Å². The van der Waals surface area contributed by atoms with E-state index in [-0.39, 0.29) is 12.3 Å². The third-order valence-corrected chi connectivity index (χ3v) is 3.03. The van der Waals surface area contributed by atoms with Crippen molar-refractivity contribution < 1.29 is 23.9 Å². The summed E-state index contributed by atoms with van der Waals surface area (Å²) in [7, 11) is -3.42. The minimum atomic E-state index is -3.42. The zero-order valence-electron chi connectivity index (χ0n) is 11.1. The highest BCUT2D eigenvalue weighted by Gasteiger charge is 2.25. The van der Waals surface area contributed by atoms with Gasteiger partial charge in [-0.15, -0.1) is 0 Å². The first kappa shape index (κ1) is 8.20. The molecule has 14 heavy (non-hydrogen) atoms. The summed E-state index contributed by atoms with van der Waals surface area (Å²) in [6.07, 6.45) is 3.40. The van der Waals surface area contributed by atoms with Crippen LogP contribution in [0.2, 0.25) is 6.04 Å². The summed E-state index contributed by atoms with van der Waals surface area (Å²) in [6.45, 7) is 1.14. The molecule has 84 valence electrons. The highest BCUT2D eigenvalue weighted by molar-refractivity contribution is 6.56. The molecule has 1 aliphatic heterocycles. The minimum Gasteiger partial charge on any atom is -0.390 e. The molecule has 0 saturated carbocycles. The van der Waals surface area contributed by atoms with Crippen LogP contribution in [0.4, 0.5) is 0 Å². The molecule has 1 fully saturated rings. The lowest BCUT2D eigenvalue weighted by molar-refractivity contribution is -0.162. The summed E-state index contributed by atoms with van der Waals surface area (Å²) in [5, 5.41) is 0. The molecule has 3 N–H and O–H groups in total.